The first kappa shape index (κ1) is 16.0. The van der Waals surface area contributed by atoms with Crippen LogP contribution in [0.5, 0.6) is 0 Å². The Morgan fingerprint density at radius 3 is 2.80 bits per heavy atom. The molecule has 0 unspecified atom stereocenters. The van der Waals surface area contributed by atoms with Crippen LogP contribution in [0.3, 0.4) is 0 Å². The molecule has 1 aliphatic carbocycles. The lowest BCUT2D eigenvalue weighted by Crippen LogP contribution is -2.21. The zero-order chi connectivity index (χ0) is 17.6. The van der Waals surface area contributed by atoms with E-state index in [2.05, 4.69) is 16.9 Å². The van der Waals surface area contributed by atoms with Gasteiger partial charge >= 0.3 is 0 Å². The van der Waals surface area contributed by atoms with Gasteiger partial charge in [-0.1, -0.05) is 37.6 Å². The summed E-state index contributed by atoms with van der Waals surface area (Å²) in [6.45, 7) is 2.21. The second-order valence-corrected chi connectivity index (χ2v) is 7.56. The molecule has 1 aromatic carbocycles. The zero-order valence-electron chi connectivity index (χ0n) is 13.8. The number of aryl methyl sites for hydroxylation is 1. The molecule has 2 aromatic heterocycles. The molecule has 0 radical (unpaired) electrons. The van der Waals surface area contributed by atoms with Gasteiger partial charge in [-0.25, -0.2) is 4.98 Å². The third-order valence-electron chi connectivity index (χ3n) is 4.99. The van der Waals surface area contributed by atoms with Crippen LogP contribution in [0.4, 0.5) is 0 Å². The fourth-order valence-corrected chi connectivity index (χ4v) is 4.84. The quantitative estimate of drug-likeness (QED) is 0.784. The van der Waals surface area contributed by atoms with Crippen LogP contribution >= 0.6 is 11.3 Å². The molecule has 0 bridgehead atoms. The number of fused-ring (bicyclic) bond motifs is 3. The number of rotatable bonds is 3. The molecule has 0 spiro atoms. The minimum Gasteiger partial charge on any atom is -0.545 e. The van der Waals surface area contributed by atoms with Crippen molar-refractivity contribution in [2.24, 2.45) is 5.92 Å². The summed E-state index contributed by atoms with van der Waals surface area (Å²) in [6.07, 6.45) is 4.26. The van der Waals surface area contributed by atoms with Gasteiger partial charge in [-0.15, -0.1) is 11.3 Å². The summed E-state index contributed by atoms with van der Waals surface area (Å²) in [4.78, 5) is 33.0. The fraction of sp³-hybridized carbons (Fsp3) is 0.316. The Morgan fingerprint density at radius 1 is 1.36 bits per heavy atom. The normalized spacial score (nSPS) is 16.8. The molecular weight excluding hydrogens is 336 g/mol. The Balaban J connectivity index is 1.80. The summed E-state index contributed by atoms with van der Waals surface area (Å²) in [5.74, 6) is -0.0656. The molecule has 0 aliphatic heterocycles. The maximum Gasteiger partial charge on any atom is 0.260 e. The average Bonchev–Trinajstić information content (AvgIpc) is 2.99. The van der Waals surface area contributed by atoms with Crippen molar-refractivity contribution in [2.45, 2.75) is 32.6 Å². The number of nitrogens with zero attached hydrogens (tertiary/aromatic N) is 1. The number of aromatic nitrogens is 2. The molecule has 0 amide bonds. The van der Waals surface area contributed by atoms with Crippen molar-refractivity contribution < 1.29 is 9.90 Å². The van der Waals surface area contributed by atoms with Crippen molar-refractivity contribution in [1.82, 2.24) is 9.97 Å². The van der Waals surface area contributed by atoms with E-state index < -0.39 is 5.97 Å². The van der Waals surface area contributed by atoms with Gasteiger partial charge in [0.05, 0.1) is 11.4 Å². The Kier molecular flexibility index (Phi) is 3.92. The van der Waals surface area contributed by atoms with Gasteiger partial charge in [0.2, 0.25) is 0 Å². The van der Waals surface area contributed by atoms with Crippen molar-refractivity contribution >= 4 is 27.5 Å². The van der Waals surface area contributed by atoms with Crippen LogP contribution in [0.25, 0.3) is 21.6 Å². The largest absolute Gasteiger partial charge is 0.545 e. The second kappa shape index (κ2) is 6.11. The van der Waals surface area contributed by atoms with E-state index in [4.69, 9.17) is 0 Å². The average molecular weight is 353 g/mol. The Hall–Kier alpha value is -2.47. The number of benzene rings is 1. The Morgan fingerprint density at radius 2 is 2.12 bits per heavy atom. The van der Waals surface area contributed by atoms with Crippen molar-refractivity contribution in [3.8, 4) is 11.4 Å². The van der Waals surface area contributed by atoms with Crippen molar-refractivity contribution in [3.05, 3.63) is 50.6 Å². The molecule has 5 nitrogen and oxygen atoms in total. The molecule has 4 rings (SSSR count). The third-order valence-corrected chi connectivity index (χ3v) is 6.14. The lowest BCUT2D eigenvalue weighted by atomic mass is 9.86. The predicted molar refractivity (Wildman–Crippen MR) is 95.8 cm³/mol. The van der Waals surface area contributed by atoms with E-state index in [0.717, 1.165) is 41.5 Å². The molecule has 2 heterocycles. The minimum absolute atomic E-state index is 0.101. The molecule has 25 heavy (non-hydrogen) atoms. The summed E-state index contributed by atoms with van der Waals surface area (Å²) >= 11 is 1.61. The lowest BCUT2D eigenvalue weighted by Gasteiger charge is -2.20. The highest BCUT2D eigenvalue weighted by atomic mass is 32.1. The van der Waals surface area contributed by atoms with Gasteiger partial charge in [-0.3, -0.25) is 4.79 Å². The van der Waals surface area contributed by atoms with Gasteiger partial charge < -0.3 is 14.9 Å². The van der Waals surface area contributed by atoms with Gasteiger partial charge in [0.1, 0.15) is 10.7 Å². The van der Waals surface area contributed by atoms with Crippen LogP contribution in [0.1, 0.15) is 40.6 Å². The van der Waals surface area contributed by atoms with Crippen LogP contribution in [0.15, 0.2) is 29.1 Å². The second-order valence-electron chi connectivity index (χ2n) is 6.48. The summed E-state index contributed by atoms with van der Waals surface area (Å²) in [5.41, 5.74) is 1.83. The van der Waals surface area contributed by atoms with Gasteiger partial charge in [-0.2, -0.15) is 0 Å². The monoisotopic (exact) mass is 353 g/mol. The first-order valence-corrected chi connectivity index (χ1v) is 9.24. The van der Waals surface area contributed by atoms with E-state index in [9.17, 15) is 14.7 Å². The number of carboxylic acid groups (broad SMARTS) is 1. The number of aromatic amines is 1. The highest BCUT2D eigenvalue weighted by molar-refractivity contribution is 7.18. The molecule has 128 valence electrons. The minimum atomic E-state index is -1.22. The SMILES string of the molecule is CC[C@@H]1CCc2c(sc3nc(-c4ccc(C(=O)[O-])cc4)[nH]c(=O)c23)C1. The smallest absolute Gasteiger partial charge is 0.260 e. The number of hydrogen-bond acceptors (Lipinski definition) is 5. The molecule has 0 saturated carbocycles. The number of H-pyrrole nitrogens is 1. The number of carbonyl (C=O) groups excluding carboxylic acids is 1. The number of carboxylic acids is 1. The first-order valence-electron chi connectivity index (χ1n) is 8.43. The third kappa shape index (κ3) is 2.76. The topological polar surface area (TPSA) is 85.9 Å². The number of hydrogen-bond donors (Lipinski definition) is 1. The van der Waals surface area contributed by atoms with E-state index in [0.29, 0.717) is 17.3 Å². The van der Waals surface area contributed by atoms with Gasteiger partial charge in [0.15, 0.2) is 0 Å². The van der Waals surface area contributed by atoms with E-state index >= 15 is 0 Å². The van der Waals surface area contributed by atoms with E-state index in [1.54, 1.807) is 23.5 Å². The summed E-state index contributed by atoms with van der Waals surface area (Å²) in [7, 11) is 0. The molecule has 1 atom stereocenters. The number of aromatic carboxylic acids is 1. The Bertz CT molecular complexity index is 1020. The maximum atomic E-state index is 12.6. The van der Waals surface area contributed by atoms with Gasteiger partial charge in [-0.05, 0) is 36.3 Å². The molecule has 1 N–H and O–H groups in total. The standard InChI is InChI=1S/C19H18N2O3S/c1-2-10-3-8-13-14(9-10)25-18-15(13)17(22)20-16(21-18)11-4-6-12(7-5-11)19(23)24/h4-7,10H,2-3,8-9H2,1H3,(H,23,24)(H,20,21,22)/p-1/t10-/m1/s1. The number of thiophene rings is 1. The first-order chi connectivity index (χ1) is 12.1. The molecule has 0 fully saturated rings. The number of nitrogens with one attached hydrogen (secondary N) is 1. The molecule has 0 saturated heterocycles. The molecule has 6 heteroatoms. The molecule has 1 aliphatic rings. The summed E-state index contributed by atoms with van der Waals surface area (Å²) < 4.78 is 0. The number of carbonyl (C=O) groups is 1. The highest BCUT2D eigenvalue weighted by Gasteiger charge is 2.24. The Labute approximate surface area is 148 Å². The fourth-order valence-electron chi connectivity index (χ4n) is 3.50. The van der Waals surface area contributed by atoms with E-state index in [-0.39, 0.29) is 11.1 Å². The van der Waals surface area contributed by atoms with Crippen LogP contribution < -0.4 is 10.7 Å². The van der Waals surface area contributed by atoms with Crippen LogP contribution in [-0.4, -0.2) is 15.9 Å². The van der Waals surface area contributed by atoms with Crippen molar-refractivity contribution in [3.63, 3.8) is 0 Å². The lowest BCUT2D eigenvalue weighted by molar-refractivity contribution is -0.255. The van der Waals surface area contributed by atoms with Crippen molar-refractivity contribution in [1.29, 1.82) is 0 Å². The summed E-state index contributed by atoms with van der Waals surface area (Å²) in [5, 5.41) is 11.6. The van der Waals surface area contributed by atoms with Gasteiger partial charge in [0, 0.05) is 10.4 Å². The van der Waals surface area contributed by atoms with Crippen LogP contribution in [0, 0.1) is 5.92 Å². The van der Waals surface area contributed by atoms with Crippen LogP contribution in [-0.2, 0) is 12.8 Å². The van der Waals surface area contributed by atoms with Crippen molar-refractivity contribution in [2.75, 3.05) is 0 Å². The molecular formula is C19H17N2O3S-. The molecule has 3 aromatic rings. The van der Waals surface area contributed by atoms with Crippen LogP contribution in [0.2, 0.25) is 0 Å². The predicted octanol–water partition coefficient (Wildman–Crippen LogP) is 2.53. The highest BCUT2D eigenvalue weighted by Crippen LogP contribution is 2.37. The zero-order valence-corrected chi connectivity index (χ0v) is 14.6. The van der Waals surface area contributed by atoms with E-state index in [1.807, 2.05) is 0 Å². The summed E-state index contributed by atoms with van der Waals surface area (Å²) in [6, 6.07) is 6.19. The van der Waals surface area contributed by atoms with Gasteiger partial charge in [0.25, 0.3) is 5.56 Å². The maximum absolute atomic E-state index is 12.6. The van der Waals surface area contributed by atoms with E-state index in [1.165, 1.54) is 17.0 Å².